The van der Waals surface area contributed by atoms with Gasteiger partial charge in [0.2, 0.25) is 0 Å². The molecule has 0 aliphatic heterocycles. The van der Waals surface area contributed by atoms with Gasteiger partial charge < -0.3 is 0 Å². The van der Waals surface area contributed by atoms with E-state index in [2.05, 4.69) is 25.3 Å². The zero-order chi connectivity index (χ0) is 5.86. The average molecular weight is 158 g/mol. The number of rotatable bonds is 1. The van der Waals surface area contributed by atoms with Gasteiger partial charge in [0, 0.05) is 10.3 Å². The van der Waals surface area contributed by atoms with E-state index in [1.54, 1.807) is 0 Å². The average Bonchev–Trinajstić information content (AvgIpc) is 1.27. The Hall–Kier alpha value is 1.11. The summed E-state index contributed by atoms with van der Waals surface area (Å²) in [5.41, 5.74) is 0. The van der Waals surface area contributed by atoms with Gasteiger partial charge in [-0.25, -0.2) is 0 Å². The second-order valence-corrected chi connectivity index (χ2v) is 2.43. The molecule has 0 unspecified atom stereocenters. The first-order chi connectivity index (χ1) is 3.13. The van der Waals surface area contributed by atoms with Gasteiger partial charge in [-0.3, -0.25) is 4.79 Å². The van der Waals surface area contributed by atoms with Crippen LogP contribution in [0, 0.1) is 0 Å². The van der Waals surface area contributed by atoms with Crippen molar-refractivity contribution < 1.29 is 4.79 Å². The molecule has 0 spiro atoms. The molecule has 0 aliphatic rings. The third-order valence-corrected chi connectivity index (χ3v) is 0.591. The van der Waals surface area contributed by atoms with E-state index in [0.717, 1.165) is 0 Å². The summed E-state index contributed by atoms with van der Waals surface area (Å²) in [5.74, 6) is -0.0278. The van der Waals surface area contributed by atoms with Crippen LogP contribution in [0.4, 0.5) is 0 Å². The van der Waals surface area contributed by atoms with E-state index in [9.17, 15) is 4.79 Å². The van der Waals surface area contributed by atoms with Crippen LogP contribution < -0.4 is 0 Å². The number of thiol groups is 2. The molecule has 0 aromatic rings. The van der Waals surface area contributed by atoms with Gasteiger partial charge in [0.05, 0.1) is 0 Å². The monoisotopic (exact) mass is 158 g/mol. The summed E-state index contributed by atoms with van der Waals surface area (Å²) in [5, 5.41) is 0. The number of allylic oxidation sites excluding steroid dienone is 1. The van der Waals surface area contributed by atoms with Crippen LogP contribution in [0.15, 0.2) is 10.3 Å². The fourth-order valence-corrected chi connectivity index (χ4v) is 0.545. The minimum atomic E-state index is -0.0278. The molecule has 0 saturated heterocycles. The fraction of sp³-hybridized carbons (Fsp3) is 0.250. The van der Waals surface area contributed by atoms with E-state index in [1.165, 1.54) is 13.0 Å². The number of carbonyl (C=O) groups is 1. The molecule has 1 nitrogen and oxygen atoms in total. The zero-order valence-corrected chi connectivity index (χ0v) is 5.67. The van der Waals surface area contributed by atoms with Crippen LogP contribution in [0.25, 0.3) is 0 Å². The Morgan fingerprint density at radius 2 is 1.88 bits per heavy atom. The van der Waals surface area contributed by atoms with Gasteiger partial charge >= 0.3 is 29.6 Å². The van der Waals surface area contributed by atoms with Crippen LogP contribution in [0.5, 0.6) is 0 Å². The van der Waals surface area contributed by atoms with Gasteiger partial charge in [-0.05, 0) is 6.92 Å². The number of hydrogen-bond donors (Lipinski definition) is 2. The Morgan fingerprint density at radius 1 is 1.50 bits per heavy atom. The van der Waals surface area contributed by atoms with Crippen LogP contribution in [0.2, 0.25) is 0 Å². The molecule has 8 heavy (non-hydrogen) atoms. The number of hydrogen-bond acceptors (Lipinski definition) is 3. The first-order valence-electron chi connectivity index (χ1n) is 1.73. The summed E-state index contributed by atoms with van der Waals surface area (Å²) in [6.07, 6.45) is 1.34. The molecule has 0 aromatic heterocycles. The molecule has 0 saturated carbocycles. The standard InChI is InChI=1S/C4H6OS2.Na.H/c1-3(5)2-4(6)7;;/h2,6-7H,1H3;;. The van der Waals surface area contributed by atoms with Crippen molar-refractivity contribution in [1.29, 1.82) is 0 Å². The minimum absolute atomic E-state index is 0. The van der Waals surface area contributed by atoms with Crippen molar-refractivity contribution in [3.63, 3.8) is 0 Å². The fourth-order valence-electron chi connectivity index (χ4n) is 0.182. The Labute approximate surface area is 82.0 Å². The summed E-state index contributed by atoms with van der Waals surface area (Å²) in [6, 6.07) is 0. The summed E-state index contributed by atoms with van der Waals surface area (Å²) in [4.78, 5) is 10.1. The first-order valence-corrected chi connectivity index (χ1v) is 2.62. The van der Waals surface area contributed by atoms with Crippen LogP contribution in [-0.2, 0) is 4.79 Å². The van der Waals surface area contributed by atoms with Crippen LogP contribution in [0.3, 0.4) is 0 Å². The molecule has 4 heteroatoms. The van der Waals surface area contributed by atoms with E-state index in [-0.39, 0.29) is 35.3 Å². The van der Waals surface area contributed by atoms with Gasteiger partial charge in [-0.2, -0.15) is 0 Å². The predicted molar refractivity (Wildman–Crippen MR) is 43.9 cm³/mol. The Bertz CT molecular complexity index is 107. The normalized spacial score (nSPS) is 6.88. The number of carbonyl (C=O) groups excluding carboxylic acids is 1. The van der Waals surface area contributed by atoms with Crippen LogP contribution in [-0.4, -0.2) is 35.3 Å². The van der Waals surface area contributed by atoms with E-state index in [4.69, 9.17) is 0 Å². The Balaban J connectivity index is 0. The zero-order valence-electron chi connectivity index (χ0n) is 3.88. The van der Waals surface area contributed by atoms with Gasteiger partial charge in [0.15, 0.2) is 5.78 Å². The van der Waals surface area contributed by atoms with Crippen molar-refractivity contribution in [1.82, 2.24) is 0 Å². The second-order valence-electron chi connectivity index (χ2n) is 1.11. The molecule has 0 rings (SSSR count). The van der Waals surface area contributed by atoms with E-state index >= 15 is 0 Å². The quantitative estimate of drug-likeness (QED) is 0.325. The topological polar surface area (TPSA) is 17.1 Å². The summed E-state index contributed by atoms with van der Waals surface area (Å²) < 4.78 is 0.451. The Morgan fingerprint density at radius 3 is 1.88 bits per heavy atom. The molecular formula is C4H7NaOS2. The van der Waals surface area contributed by atoms with Gasteiger partial charge in [-0.1, -0.05) is 0 Å². The van der Waals surface area contributed by atoms with E-state index in [1.807, 2.05) is 0 Å². The van der Waals surface area contributed by atoms with Gasteiger partial charge in [-0.15, -0.1) is 25.3 Å². The van der Waals surface area contributed by atoms with Crippen LogP contribution >= 0.6 is 25.3 Å². The molecule has 42 valence electrons. The molecule has 0 N–H and O–H groups in total. The summed E-state index contributed by atoms with van der Waals surface area (Å²) in [7, 11) is 0. The predicted octanol–water partition coefficient (Wildman–Crippen LogP) is 0.628. The maximum atomic E-state index is 10.1. The first kappa shape index (κ1) is 11.9. The SMILES string of the molecule is CC(=O)C=C(S)S.[NaH]. The Kier molecular flexibility index (Phi) is 9.24. The molecule has 0 radical (unpaired) electrons. The van der Waals surface area contributed by atoms with Crippen molar-refractivity contribution in [2.75, 3.05) is 0 Å². The van der Waals surface area contributed by atoms with E-state index < -0.39 is 0 Å². The van der Waals surface area contributed by atoms with Crippen molar-refractivity contribution in [2.24, 2.45) is 0 Å². The second kappa shape index (κ2) is 6.23. The van der Waals surface area contributed by atoms with Crippen molar-refractivity contribution in [3.8, 4) is 0 Å². The van der Waals surface area contributed by atoms with Gasteiger partial charge in [0.1, 0.15) is 0 Å². The molecule has 0 amide bonds. The molecule has 0 atom stereocenters. The molecule has 0 bridgehead atoms. The number of ketones is 1. The van der Waals surface area contributed by atoms with Crippen molar-refractivity contribution >= 4 is 60.6 Å². The summed E-state index contributed by atoms with van der Waals surface area (Å²) >= 11 is 7.48. The van der Waals surface area contributed by atoms with E-state index in [0.29, 0.717) is 4.24 Å². The van der Waals surface area contributed by atoms with Crippen molar-refractivity contribution in [2.45, 2.75) is 6.92 Å². The maximum absolute atomic E-state index is 10.1. The van der Waals surface area contributed by atoms with Crippen LogP contribution in [0.1, 0.15) is 6.92 Å². The third-order valence-electron chi connectivity index (χ3n) is 0.332. The van der Waals surface area contributed by atoms with Gasteiger partial charge in [0.25, 0.3) is 0 Å². The molecule has 0 aromatic carbocycles. The molecule has 0 fully saturated rings. The van der Waals surface area contributed by atoms with Crippen molar-refractivity contribution in [3.05, 3.63) is 10.3 Å². The summed E-state index contributed by atoms with van der Waals surface area (Å²) in [6.45, 7) is 1.45. The molecule has 0 heterocycles. The molecule has 0 aliphatic carbocycles. The molecular weight excluding hydrogens is 151 g/mol. The third kappa shape index (κ3) is 10.2.